The molecule has 4 aromatic rings. The van der Waals surface area contributed by atoms with Crippen LogP contribution in [0.3, 0.4) is 0 Å². The standard InChI is InChI=1S/C24H25ClF2N8O/c25-18-13-29-35-23(18)31-22(21-19(26)2-1-3-20(21)27)32-24(35)30-15-12-28-34(14-15)17-4-8-33(9-5-17)16-6-10-36-11-7-16/h1-3,12-14,16-17H,4-11H2,(H,30,31,32). The molecule has 1 aromatic carbocycles. The third-order valence-corrected chi connectivity index (χ3v) is 7.22. The maximum absolute atomic E-state index is 14.5. The Morgan fingerprint density at radius 1 is 0.944 bits per heavy atom. The molecular formula is C24H25ClF2N8O. The van der Waals surface area contributed by atoms with Crippen molar-refractivity contribution in [3.8, 4) is 11.4 Å². The van der Waals surface area contributed by atoms with E-state index in [4.69, 9.17) is 16.3 Å². The number of benzene rings is 1. The Bertz CT molecular complexity index is 1360. The molecule has 2 aliphatic heterocycles. The molecule has 0 saturated carbocycles. The Kier molecular flexibility index (Phi) is 6.28. The fourth-order valence-corrected chi connectivity index (χ4v) is 5.22. The molecule has 2 fully saturated rings. The van der Waals surface area contributed by atoms with Crippen molar-refractivity contribution >= 4 is 28.9 Å². The Morgan fingerprint density at radius 3 is 2.44 bits per heavy atom. The van der Waals surface area contributed by atoms with Gasteiger partial charge in [-0.25, -0.2) is 13.8 Å². The first-order valence-electron chi connectivity index (χ1n) is 12.1. The van der Waals surface area contributed by atoms with Crippen LogP contribution in [0, 0.1) is 11.6 Å². The lowest BCUT2D eigenvalue weighted by atomic mass is 10.00. The molecule has 0 radical (unpaired) electrons. The summed E-state index contributed by atoms with van der Waals surface area (Å²) in [5, 5.41) is 12.2. The zero-order chi connectivity index (χ0) is 24.6. The number of hydrogen-bond donors (Lipinski definition) is 1. The summed E-state index contributed by atoms with van der Waals surface area (Å²) >= 11 is 6.24. The van der Waals surface area contributed by atoms with Gasteiger partial charge in [0.15, 0.2) is 11.5 Å². The van der Waals surface area contributed by atoms with Gasteiger partial charge >= 0.3 is 0 Å². The van der Waals surface area contributed by atoms with Gasteiger partial charge in [0.05, 0.1) is 29.7 Å². The topological polar surface area (TPSA) is 85.4 Å². The second-order valence-electron chi connectivity index (χ2n) is 9.14. The van der Waals surface area contributed by atoms with Gasteiger partial charge in [-0.3, -0.25) is 4.68 Å². The van der Waals surface area contributed by atoms with Gasteiger partial charge in [-0.1, -0.05) is 17.7 Å². The number of nitrogens with one attached hydrogen (secondary N) is 1. The summed E-state index contributed by atoms with van der Waals surface area (Å²) in [6, 6.07) is 4.52. The zero-order valence-electron chi connectivity index (χ0n) is 19.4. The molecule has 9 nitrogen and oxygen atoms in total. The van der Waals surface area contributed by atoms with Crippen molar-refractivity contribution < 1.29 is 13.5 Å². The van der Waals surface area contributed by atoms with Crippen LogP contribution in [0.1, 0.15) is 31.7 Å². The molecule has 0 atom stereocenters. The largest absolute Gasteiger partial charge is 0.381 e. The maximum atomic E-state index is 14.5. The van der Waals surface area contributed by atoms with Crippen LogP contribution in [0.5, 0.6) is 0 Å². The number of anilines is 2. The van der Waals surface area contributed by atoms with Gasteiger partial charge in [-0.2, -0.15) is 19.7 Å². The number of piperidine rings is 1. The Labute approximate surface area is 211 Å². The summed E-state index contributed by atoms with van der Waals surface area (Å²) in [6.45, 7) is 3.77. The molecule has 6 rings (SSSR count). The number of ether oxygens (including phenoxy) is 1. The zero-order valence-corrected chi connectivity index (χ0v) is 20.2. The molecule has 0 unspecified atom stereocenters. The Balaban J connectivity index is 1.23. The number of hydrogen-bond acceptors (Lipinski definition) is 7. The van der Waals surface area contributed by atoms with E-state index in [1.54, 1.807) is 6.20 Å². The number of halogens is 3. The van der Waals surface area contributed by atoms with E-state index in [2.05, 4.69) is 30.4 Å². The van der Waals surface area contributed by atoms with Crippen LogP contribution in [0.15, 0.2) is 36.8 Å². The van der Waals surface area contributed by atoms with Crippen LogP contribution < -0.4 is 5.32 Å². The van der Waals surface area contributed by atoms with Gasteiger partial charge in [0.25, 0.3) is 0 Å². The van der Waals surface area contributed by atoms with Gasteiger partial charge in [0, 0.05) is 38.5 Å². The van der Waals surface area contributed by atoms with E-state index >= 15 is 0 Å². The summed E-state index contributed by atoms with van der Waals surface area (Å²) in [5.74, 6) is -1.43. The number of nitrogens with zero attached hydrogens (tertiary/aromatic N) is 7. The van der Waals surface area contributed by atoms with Gasteiger partial charge in [-0.05, 0) is 37.8 Å². The smallest absolute Gasteiger partial charge is 0.232 e. The van der Waals surface area contributed by atoms with Gasteiger partial charge in [-0.15, -0.1) is 0 Å². The second-order valence-corrected chi connectivity index (χ2v) is 9.55. The van der Waals surface area contributed by atoms with E-state index in [-0.39, 0.29) is 28.0 Å². The van der Waals surface area contributed by atoms with Crippen LogP contribution in [0.25, 0.3) is 17.0 Å². The fourth-order valence-electron chi connectivity index (χ4n) is 5.05. The SMILES string of the molecule is Fc1cccc(F)c1-c1nc(Nc2cnn(C3CCN(C4CCOCC4)CC3)c2)n2ncc(Cl)c2n1. The molecule has 0 bridgehead atoms. The third kappa shape index (κ3) is 4.42. The van der Waals surface area contributed by atoms with E-state index in [9.17, 15) is 8.78 Å². The van der Waals surface area contributed by atoms with Crippen molar-refractivity contribution in [2.75, 3.05) is 31.6 Å². The first kappa shape index (κ1) is 23.3. The van der Waals surface area contributed by atoms with Gasteiger partial charge in [0.2, 0.25) is 5.95 Å². The molecule has 0 aliphatic carbocycles. The summed E-state index contributed by atoms with van der Waals surface area (Å²) in [5.41, 5.74) is 0.584. The minimum Gasteiger partial charge on any atom is -0.381 e. The molecule has 3 aromatic heterocycles. The average Bonchev–Trinajstić information content (AvgIpc) is 3.52. The number of aromatic nitrogens is 6. The van der Waals surface area contributed by atoms with Crippen LogP contribution in [-0.2, 0) is 4.74 Å². The predicted octanol–water partition coefficient (Wildman–Crippen LogP) is 4.48. The highest BCUT2D eigenvalue weighted by atomic mass is 35.5. The Morgan fingerprint density at radius 2 is 1.69 bits per heavy atom. The van der Waals surface area contributed by atoms with Crippen molar-refractivity contribution in [3.05, 3.63) is 53.4 Å². The minimum atomic E-state index is -0.763. The quantitative estimate of drug-likeness (QED) is 0.420. The fraction of sp³-hybridized carbons (Fsp3) is 0.417. The van der Waals surface area contributed by atoms with Crippen molar-refractivity contribution in [3.63, 3.8) is 0 Å². The lowest BCUT2D eigenvalue weighted by molar-refractivity contribution is 0.0212. The van der Waals surface area contributed by atoms with E-state index in [0.717, 1.165) is 64.1 Å². The van der Waals surface area contributed by atoms with Crippen molar-refractivity contribution in [1.29, 1.82) is 0 Å². The Hall–Kier alpha value is -3.15. The molecule has 2 aliphatic rings. The first-order valence-corrected chi connectivity index (χ1v) is 12.4. The molecule has 188 valence electrons. The molecular weight excluding hydrogens is 490 g/mol. The highest BCUT2D eigenvalue weighted by Gasteiger charge is 2.27. The lowest BCUT2D eigenvalue weighted by Crippen LogP contribution is -2.44. The molecule has 0 spiro atoms. The molecule has 1 N–H and O–H groups in total. The summed E-state index contributed by atoms with van der Waals surface area (Å²) in [7, 11) is 0. The van der Waals surface area contributed by atoms with Gasteiger partial charge in [0.1, 0.15) is 16.7 Å². The van der Waals surface area contributed by atoms with Gasteiger partial charge < -0.3 is 15.0 Å². The summed E-state index contributed by atoms with van der Waals surface area (Å²) in [4.78, 5) is 11.2. The summed E-state index contributed by atoms with van der Waals surface area (Å²) < 4.78 is 37.8. The molecule has 5 heterocycles. The molecule has 12 heteroatoms. The highest BCUT2D eigenvalue weighted by Crippen LogP contribution is 2.30. The van der Waals surface area contributed by atoms with E-state index in [1.807, 2.05) is 10.9 Å². The first-order chi connectivity index (χ1) is 17.6. The average molecular weight is 515 g/mol. The molecule has 2 saturated heterocycles. The number of likely N-dealkylation sites (tertiary alicyclic amines) is 1. The molecule has 36 heavy (non-hydrogen) atoms. The van der Waals surface area contributed by atoms with Crippen LogP contribution in [-0.4, -0.2) is 66.6 Å². The second kappa shape index (κ2) is 9.72. The van der Waals surface area contributed by atoms with E-state index in [0.29, 0.717) is 17.8 Å². The van der Waals surface area contributed by atoms with E-state index in [1.165, 1.54) is 16.8 Å². The van der Waals surface area contributed by atoms with Crippen molar-refractivity contribution in [2.45, 2.75) is 37.8 Å². The number of rotatable bonds is 5. The van der Waals surface area contributed by atoms with E-state index < -0.39 is 11.6 Å². The summed E-state index contributed by atoms with van der Waals surface area (Å²) in [6.07, 6.45) is 9.26. The van der Waals surface area contributed by atoms with Crippen LogP contribution >= 0.6 is 11.6 Å². The maximum Gasteiger partial charge on any atom is 0.232 e. The third-order valence-electron chi connectivity index (χ3n) is 6.95. The minimum absolute atomic E-state index is 0.129. The normalized spacial score (nSPS) is 18.2. The lowest BCUT2D eigenvalue weighted by Gasteiger charge is -2.39. The van der Waals surface area contributed by atoms with Crippen molar-refractivity contribution in [2.24, 2.45) is 0 Å². The van der Waals surface area contributed by atoms with Crippen molar-refractivity contribution in [1.82, 2.24) is 34.3 Å². The number of fused-ring (bicyclic) bond motifs is 1. The monoisotopic (exact) mass is 514 g/mol. The highest BCUT2D eigenvalue weighted by molar-refractivity contribution is 6.33. The predicted molar refractivity (Wildman–Crippen MR) is 130 cm³/mol. The molecule has 0 amide bonds. The van der Waals surface area contributed by atoms with Crippen LogP contribution in [0.2, 0.25) is 5.02 Å². The van der Waals surface area contributed by atoms with Crippen LogP contribution in [0.4, 0.5) is 20.4 Å².